The molecule has 1 aromatic heterocycles. The first-order valence-electron chi connectivity index (χ1n) is 7.68. The van der Waals surface area contributed by atoms with E-state index in [0.29, 0.717) is 17.1 Å². The number of nitrogens with one attached hydrogen (secondary N) is 2. The molecule has 134 valence electrons. The number of carbonyl (C=O) groups excluding carboxylic acids is 2. The molecule has 0 spiro atoms. The Morgan fingerprint density at radius 1 is 1.24 bits per heavy atom. The van der Waals surface area contributed by atoms with Crippen molar-refractivity contribution in [2.24, 2.45) is 5.73 Å². The minimum atomic E-state index is -0.703. The van der Waals surface area contributed by atoms with E-state index in [1.54, 1.807) is 13.2 Å². The van der Waals surface area contributed by atoms with Crippen molar-refractivity contribution in [3.8, 4) is 16.2 Å². The van der Waals surface area contributed by atoms with E-state index in [1.807, 2.05) is 43.3 Å². The Morgan fingerprint density at radius 3 is 2.48 bits per heavy atom. The van der Waals surface area contributed by atoms with Gasteiger partial charge in [0, 0.05) is 18.0 Å². The molecule has 25 heavy (non-hydrogen) atoms. The van der Waals surface area contributed by atoms with Crippen molar-refractivity contribution < 1.29 is 14.3 Å². The van der Waals surface area contributed by atoms with Gasteiger partial charge in [-0.05, 0) is 50.0 Å². The second-order valence-electron chi connectivity index (χ2n) is 5.63. The lowest BCUT2D eigenvalue weighted by Crippen LogP contribution is -2.31. The molecule has 0 saturated carbocycles. The van der Waals surface area contributed by atoms with Gasteiger partial charge in [0.15, 0.2) is 0 Å². The first kappa shape index (κ1) is 18.8. The number of benzene rings is 1. The van der Waals surface area contributed by atoms with Crippen molar-refractivity contribution in [3.05, 3.63) is 35.9 Å². The smallest absolute Gasteiger partial charge is 0.317 e. The predicted octanol–water partition coefficient (Wildman–Crippen LogP) is 2.21. The first-order valence-corrected chi connectivity index (χ1v) is 8.50. The summed E-state index contributed by atoms with van der Waals surface area (Å²) in [4.78, 5) is 26.5. The molecule has 2 rings (SSSR count). The summed E-state index contributed by atoms with van der Waals surface area (Å²) in [6, 6.07) is 8.52. The summed E-state index contributed by atoms with van der Waals surface area (Å²) in [5.74, 6) is 0.499. The number of thiophene rings is 1. The fourth-order valence-corrected chi connectivity index (χ4v) is 3.21. The van der Waals surface area contributed by atoms with Crippen molar-refractivity contribution in [1.29, 1.82) is 0 Å². The summed E-state index contributed by atoms with van der Waals surface area (Å²) in [6.45, 7) is 1.23. The van der Waals surface area contributed by atoms with Crippen molar-refractivity contribution in [3.63, 3.8) is 0 Å². The molecule has 0 radical (unpaired) electrons. The molecule has 0 unspecified atom stereocenters. The summed E-state index contributed by atoms with van der Waals surface area (Å²) in [5.41, 5.74) is 6.54. The number of primary amides is 1. The van der Waals surface area contributed by atoms with Crippen LogP contribution in [0, 0.1) is 0 Å². The molecule has 1 aromatic carbocycles. The molecule has 8 heteroatoms. The largest absolute Gasteiger partial charge is 0.497 e. The van der Waals surface area contributed by atoms with Crippen LogP contribution >= 0.6 is 11.3 Å². The van der Waals surface area contributed by atoms with Crippen LogP contribution in [-0.4, -0.2) is 51.1 Å². The molecule has 0 atom stereocenters. The van der Waals surface area contributed by atoms with E-state index >= 15 is 0 Å². The number of anilines is 1. The maximum Gasteiger partial charge on any atom is 0.317 e. The summed E-state index contributed by atoms with van der Waals surface area (Å²) >= 11 is 1.30. The Labute approximate surface area is 150 Å². The Kier molecular flexibility index (Phi) is 6.37. The zero-order chi connectivity index (χ0) is 18.4. The SMILES string of the molecule is COc1ccc(-c2cc(C(=O)NCCN(C)C)c(NC(N)=O)s2)cc1. The Bertz CT molecular complexity index is 741. The number of nitrogens with two attached hydrogens (primary N) is 1. The third kappa shape index (κ3) is 5.20. The Balaban J connectivity index is 2.25. The highest BCUT2D eigenvalue weighted by Gasteiger charge is 2.18. The van der Waals surface area contributed by atoms with Gasteiger partial charge in [-0.3, -0.25) is 10.1 Å². The number of hydrogen-bond acceptors (Lipinski definition) is 5. The third-order valence-corrected chi connectivity index (χ3v) is 4.53. The molecule has 0 aliphatic rings. The van der Waals surface area contributed by atoms with E-state index in [2.05, 4.69) is 10.6 Å². The molecule has 0 fully saturated rings. The standard InChI is InChI=1S/C17H22N4O3S/c1-21(2)9-8-19-15(22)13-10-14(25-16(13)20-17(18)23)11-4-6-12(24-3)7-5-11/h4-7,10H,8-9H2,1-3H3,(H,19,22)(H3,18,20,23). The molecular formula is C17H22N4O3S. The fraction of sp³-hybridized carbons (Fsp3) is 0.294. The molecule has 0 saturated heterocycles. The average molecular weight is 362 g/mol. The fourth-order valence-electron chi connectivity index (χ4n) is 2.15. The topological polar surface area (TPSA) is 96.7 Å². The summed E-state index contributed by atoms with van der Waals surface area (Å²) in [5, 5.41) is 5.80. The summed E-state index contributed by atoms with van der Waals surface area (Å²) < 4.78 is 5.15. The van der Waals surface area contributed by atoms with E-state index in [1.165, 1.54) is 11.3 Å². The normalized spacial score (nSPS) is 10.6. The van der Waals surface area contributed by atoms with Crippen LogP contribution in [-0.2, 0) is 0 Å². The monoisotopic (exact) mass is 362 g/mol. The van der Waals surface area contributed by atoms with Crippen molar-refractivity contribution >= 4 is 28.3 Å². The van der Waals surface area contributed by atoms with Crippen molar-refractivity contribution in [1.82, 2.24) is 10.2 Å². The second-order valence-corrected chi connectivity index (χ2v) is 6.68. The van der Waals surface area contributed by atoms with Gasteiger partial charge in [0.2, 0.25) is 0 Å². The molecule has 0 aliphatic heterocycles. The maximum atomic E-state index is 12.4. The molecule has 0 bridgehead atoms. The van der Waals surface area contributed by atoms with Crippen molar-refractivity contribution in [2.75, 3.05) is 39.6 Å². The van der Waals surface area contributed by atoms with Crippen LogP contribution in [0.5, 0.6) is 5.75 Å². The van der Waals surface area contributed by atoms with Crippen LogP contribution in [0.2, 0.25) is 0 Å². The van der Waals surface area contributed by atoms with Gasteiger partial charge in [0.05, 0.1) is 12.7 Å². The number of amides is 3. The quantitative estimate of drug-likeness (QED) is 0.703. The number of nitrogens with zero attached hydrogens (tertiary/aromatic N) is 1. The number of rotatable bonds is 7. The van der Waals surface area contributed by atoms with Gasteiger partial charge in [-0.1, -0.05) is 0 Å². The van der Waals surface area contributed by atoms with Crippen molar-refractivity contribution in [2.45, 2.75) is 0 Å². The zero-order valence-corrected chi connectivity index (χ0v) is 15.3. The van der Waals surface area contributed by atoms with Gasteiger partial charge < -0.3 is 20.7 Å². The van der Waals surface area contributed by atoms with E-state index in [-0.39, 0.29) is 5.91 Å². The minimum Gasteiger partial charge on any atom is -0.497 e. The third-order valence-electron chi connectivity index (χ3n) is 3.43. The Morgan fingerprint density at radius 2 is 1.92 bits per heavy atom. The highest BCUT2D eigenvalue weighted by Crippen LogP contribution is 2.36. The van der Waals surface area contributed by atoms with Crippen LogP contribution < -0.4 is 21.1 Å². The molecule has 4 N–H and O–H groups in total. The lowest BCUT2D eigenvalue weighted by atomic mass is 10.1. The molecular weight excluding hydrogens is 340 g/mol. The van der Waals surface area contributed by atoms with Crippen LogP contribution in [0.25, 0.3) is 10.4 Å². The predicted molar refractivity (Wildman–Crippen MR) is 100 cm³/mol. The molecule has 0 aliphatic carbocycles. The molecule has 3 amide bonds. The lowest BCUT2D eigenvalue weighted by molar-refractivity contribution is 0.0952. The second kappa shape index (κ2) is 8.50. The Hall–Kier alpha value is -2.58. The highest BCUT2D eigenvalue weighted by atomic mass is 32.1. The highest BCUT2D eigenvalue weighted by molar-refractivity contribution is 7.20. The van der Waals surface area contributed by atoms with Gasteiger partial charge in [-0.15, -0.1) is 11.3 Å². The van der Waals surface area contributed by atoms with Crippen LogP contribution in [0.15, 0.2) is 30.3 Å². The minimum absolute atomic E-state index is 0.249. The zero-order valence-electron chi connectivity index (χ0n) is 14.5. The number of likely N-dealkylation sites (N-methyl/N-ethyl adjacent to an activating group) is 1. The van der Waals surface area contributed by atoms with Crippen LogP contribution in [0.1, 0.15) is 10.4 Å². The van der Waals surface area contributed by atoms with Gasteiger partial charge in [-0.2, -0.15) is 0 Å². The number of carbonyl (C=O) groups is 2. The number of urea groups is 1. The van der Waals surface area contributed by atoms with Crippen LogP contribution in [0.4, 0.5) is 9.80 Å². The number of ether oxygens (including phenoxy) is 1. The van der Waals surface area contributed by atoms with Crippen LogP contribution in [0.3, 0.4) is 0 Å². The average Bonchev–Trinajstić information content (AvgIpc) is 2.97. The van der Waals surface area contributed by atoms with E-state index < -0.39 is 6.03 Å². The number of hydrogen-bond donors (Lipinski definition) is 3. The van der Waals surface area contributed by atoms with Gasteiger partial charge in [-0.25, -0.2) is 4.79 Å². The van der Waals surface area contributed by atoms with E-state index in [0.717, 1.165) is 22.7 Å². The van der Waals surface area contributed by atoms with Gasteiger partial charge in [0.1, 0.15) is 10.8 Å². The van der Waals surface area contributed by atoms with Gasteiger partial charge >= 0.3 is 6.03 Å². The summed E-state index contributed by atoms with van der Waals surface area (Å²) in [7, 11) is 5.46. The molecule has 2 aromatic rings. The van der Waals surface area contributed by atoms with E-state index in [4.69, 9.17) is 10.5 Å². The van der Waals surface area contributed by atoms with Gasteiger partial charge in [0.25, 0.3) is 5.91 Å². The van der Waals surface area contributed by atoms with E-state index in [9.17, 15) is 9.59 Å². The number of methoxy groups -OCH3 is 1. The lowest BCUT2D eigenvalue weighted by Gasteiger charge is -2.10. The molecule has 7 nitrogen and oxygen atoms in total. The summed E-state index contributed by atoms with van der Waals surface area (Å²) in [6.07, 6.45) is 0. The first-order chi connectivity index (χ1) is 11.9. The molecule has 1 heterocycles. The maximum absolute atomic E-state index is 12.4.